The Labute approximate surface area is 191 Å². The molecule has 0 aliphatic rings. The van der Waals surface area contributed by atoms with Crippen molar-refractivity contribution >= 4 is 36.3 Å². The van der Waals surface area contributed by atoms with E-state index in [1.165, 1.54) is 0 Å². The van der Waals surface area contributed by atoms with Crippen LogP contribution in [-0.2, 0) is 19.2 Å². The summed E-state index contributed by atoms with van der Waals surface area (Å²) in [6, 6.07) is -3.69. The molecular formula is C21H40N4O5S. The largest absolute Gasteiger partial charge is 0.480 e. The Morgan fingerprint density at radius 1 is 0.710 bits per heavy atom. The van der Waals surface area contributed by atoms with E-state index in [1.54, 1.807) is 0 Å². The number of carboxylic acid groups (broad SMARTS) is 1. The lowest BCUT2D eigenvalue weighted by atomic mass is 9.99. The van der Waals surface area contributed by atoms with Gasteiger partial charge >= 0.3 is 5.97 Å². The molecule has 0 fully saturated rings. The van der Waals surface area contributed by atoms with Crippen LogP contribution in [0.2, 0.25) is 0 Å². The average Bonchev–Trinajstić information content (AvgIpc) is 2.64. The van der Waals surface area contributed by atoms with E-state index >= 15 is 0 Å². The van der Waals surface area contributed by atoms with E-state index in [2.05, 4.69) is 28.6 Å². The number of thiol groups is 1. The van der Waals surface area contributed by atoms with Gasteiger partial charge in [-0.1, -0.05) is 41.5 Å². The Morgan fingerprint density at radius 2 is 1.03 bits per heavy atom. The van der Waals surface area contributed by atoms with Crippen LogP contribution < -0.4 is 21.7 Å². The first kappa shape index (κ1) is 29.2. The maximum atomic E-state index is 12.9. The molecule has 0 aliphatic heterocycles. The van der Waals surface area contributed by atoms with Gasteiger partial charge in [0.05, 0.1) is 6.04 Å². The third kappa shape index (κ3) is 12.0. The molecule has 0 aliphatic carbocycles. The Hall–Kier alpha value is -1.81. The van der Waals surface area contributed by atoms with Crippen LogP contribution in [0.25, 0.3) is 0 Å². The van der Waals surface area contributed by atoms with Crippen LogP contribution in [0.1, 0.15) is 60.8 Å². The standard InChI is InChI=1S/C21H40N4O5S/c1-11(2)7-15(23-18(26)14(22)10-31)19(27)24-16(8-12(3)4)20(28)25-17(21(29)30)9-13(5)6/h11-17,31H,7-10,22H2,1-6H3,(H,23,26)(H,24,27)(H,25,28)(H,29,30). The zero-order valence-corrected chi connectivity index (χ0v) is 20.4. The Morgan fingerprint density at radius 3 is 1.35 bits per heavy atom. The number of carbonyl (C=O) groups excluding carboxylic acids is 3. The van der Waals surface area contributed by atoms with Crippen LogP contribution in [0.15, 0.2) is 0 Å². The fourth-order valence-corrected chi connectivity index (χ4v) is 3.17. The molecule has 9 nitrogen and oxygen atoms in total. The summed E-state index contributed by atoms with van der Waals surface area (Å²) >= 11 is 4.00. The predicted molar refractivity (Wildman–Crippen MR) is 124 cm³/mol. The van der Waals surface area contributed by atoms with Crippen molar-refractivity contribution in [2.45, 2.75) is 85.0 Å². The van der Waals surface area contributed by atoms with Crippen molar-refractivity contribution in [3.05, 3.63) is 0 Å². The molecule has 0 rings (SSSR count). The number of nitrogens with one attached hydrogen (secondary N) is 3. The fourth-order valence-electron chi connectivity index (χ4n) is 3.01. The van der Waals surface area contributed by atoms with Gasteiger partial charge in [0.2, 0.25) is 17.7 Å². The summed E-state index contributed by atoms with van der Waals surface area (Å²) in [7, 11) is 0. The van der Waals surface area contributed by atoms with Crippen molar-refractivity contribution in [1.82, 2.24) is 16.0 Å². The highest BCUT2D eigenvalue weighted by Crippen LogP contribution is 2.11. The highest BCUT2D eigenvalue weighted by Gasteiger charge is 2.31. The van der Waals surface area contributed by atoms with E-state index in [0.717, 1.165) is 0 Å². The summed E-state index contributed by atoms with van der Waals surface area (Å²) in [5, 5.41) is 17.3. The first-order valence-electron chi connectivity index (χ1n) is 10.8. The zero-order valence-electron chi connectivity index (χ0n) is 19.5. The maximum absolute atomic E-state index is 12.9. The second-order valence-corrected chi connectivity index (χ2v) is 9.56. The van der Waals surface area contributed by atoms with Gasteiger partial charge in [-0.2, -0.15) is 12.6 Å². The molecule has 4 unspecified atom stereocenters. The average molecular weight is 461 g/mol. The molecule has 0 radical (unpaired) electrons. The maximum Gasteiger partial charge on any atom is 0.326 e. The summed E-state index contributed by atoms with van der Waals surface area (Å²) in [6.07, 6.45) is 0.957. The highest BCUT2D eigenvalue weighted by atomic mass is 32.1. The van der Waals surface area contributed by atoms with Crippen molar-refractivity contribution in [3.63, 3.8) is 0 Å². The number of nitrogens with two attached hydrogens (primary N) is 1. The van der Waals surface area contributed by atoms with E-state index in [9.17, 15) is 24.3 Å². The molecule has 180 valence electrons. The van der Waals surface area contributed by atoms with Crippen LogP contribution >= 0.6 is 12.6 Å². The number of rotatable bonds is 14. The molecule has 3 amide bonds. The quantitative estimate of drug-likeness (QED) is 0.212. The molecule has 0 saturated carbocycles. The van der Waals surface area contributed by atoms with Gasteiger partial charge in [0, 0.05) is 5.75 Å². The molecule has 0 saturated heterocycles. The fraction of sp³-hybridized carbons (Fsp3) is 0.810. The highest BCUT2D eigenvalue weighted by molar-refractivity contribution is 7.80. The smallest absolute Gasteiger partial charge is 0.326 e. The Bertz CT molecular complexity index is 613. The minimum absolute atomic E-state index is 0.0696. The van der Waals surface area contributed by atoms with Crippen LogP contribution in [0.5, 0.6) is 0 Å². The van der Waals surface area contributed by atoms with Gasteiger partial charge in [0.25, 0.3) is 0 Å². The molecule has 0 heterocycles. The van der Waals surface area contributed by atoms with Gasteiger partial charge < -0.3 is 26.8 Å². The minimum atomic E-state index is -1.12. The Kier molecular flexibility index (Phi) is 13.5. The molecule has 0 aromatic carbocycles. The van der Waals surface area contributed by atoms with E-state index in [1.807, 2.05) is 41.5 Å². The predicted octanol–water partition coefficient (Wildman–Crippen LogP) is 0.921. The molecule has 0 aromatic rings. The van der Waals surface area contributed by atoms with E-state index in [0.29, 0.717) is 12.8 Å². The number of amides is 3. The number of carboxylic acids is 1. The third-order valence-electron chi connectivity index (χ3n) is 4.54. The lowest BCUT2D eigenvalue weighted by Gasteiger charge is -2.27. The van der Waals surface area contributed by atoms with Crippen LogP contribution in [0.3, 0.4) is 0 Å². The second kappa shape index (κ2) is 14.3. The van der Waals surface area contributed by atoms with Crippen molar-refractivity contribution < 1.29 is 24.3 Å². The molecule has 10 heteroatoms. The van der Waals surface area contributed by atoms with Gasteiger partial charge in [0.1, 0.15) is 18.1 Å². The van der Waals surface area contributed by atoms with Crippen LogP contribution in [0.4, 0.5) is 0 Å². The molecule has 31 heavy (non-hydrogen) atoms. The lowest BCUT2D eigenvalue weighted by Crippen LogP contribution is -2.57. The monoisotopic (exact) mass is 460 g/mol. The van der Waals surface area contributed by atoms with Crippen LogP contribution in [-0.4, -0.2) is 58.7 Å². The summed E-state index contributed by atoms with van der Waals surface area (Å²) in [5.74, 6) is -2.32. The van der Waals surface area contributed by atoms with E-state index < -0.39 is 47.9 Å². The number of carbonyl (C=O) groups is 4. The summed E-state index contributed by atoms with van der Waals surface area (Å²) in [4.78, 5) is 49.5. The summed E-state index contributed by atoms with van der Waals surface area (Å²) in [5.41, 5.74) is 5.69. The van der Waals surface area contributed by atoms with Gasteiger partial charge in [-0.25, -0.2) is 4.79 Å². The summed E-state index contributed by atoms with van der Waals surface area (Å²) in [6.45, 7) is 11.3. The molecule has 0 spiro atoms. The first-order valence-corrected chi connectivity index (χ1v) is 11.4. The topological polar surface area (TPSA) is 151 Å². The normalized spacial score (nSPS) is 15.3. The van der Waals surface area contributed by atoms with Crippen molar-refractivity contribution in [2.24, 2.45) is 23.5 Å². The molecular weight excluding hydrogens is 420 g/mol. The second-order valence-electron chi connectivity index (χ2n) is 9.20. The van der Waals surface area contributed by atoms with Crippen LogP contribution in [0, 0.1) is 17.8 Å². The van der Waals surface area contributed by atoms with Gasteiger partial charge in [-0.15, -0.1) is 0 Å². The van der Waals surface area contributed by atoms with Gasteiger partial charge in [0.15, 0.2) is 0 Å². The minimum Gasteiger partial charge on any atom is -0.480 e. The molecule has 6 N–H and O–H groups in total. The van der Waals surface area contributed by atoms with Crippen molar-refractivity contribution in [1.29, 1.82) is 0 Å². The zero-order chi connectivity index (χ0) is 24.3. The summed E-state index contributed by atoms with van der Waals surface area (Å²) < 4.78 is 0. The SMILES string of the molecule is CC(C)CC(NC(=O)C(CC(C)C)NC(=O)C(CC(C)C)NC(=O)C(N)CS)C(=O)O. The number of aliphatic carboxylic acids is 1. The van der Waals surface area contributed by atoms with Gasteiger partial charge in [-0.05, 0) is 37.0 Å². The molecule has 0 aromatic heterocycles. The Balaban J connectivity index is 5.46. The van der Waals surface area contributed by atoms with E-state index in [-0.39, 0.29) is 29.9 Å². The number of hydrogen-bond donors (Lipinski definition) is 6. The van der Waals surface area contributed by atoms with Gasteiger partial charge in [-0.3, -0.25) is 14.4 Å². The number of hydrogen-bond acceptors (Lipinski definition) is 6. The lowest BCUT2D eigenvalue weighted by molar-refractivity contribution is -0.143. The first-order chi connectivity index (χ1) is 14.3. The van der Waals surface area contributed by atoms with Crippen molar-refractivity contribution in [3.8, 4) is 0 Å². The van der Waals surface area contributed by atoms with E-state index in [4.69, 9.17) is 5.73 Å². The molecule has 0 bridgehead atoms. The third-order valence-corrected chi connectivity index (χ3v) is 4.93. The molecule has 4 atom stereocenters. The van der Waals surface area contributed by atoms with Crippen molar-refractivity contribution in [2.75, 3.05) is 5.75 Å².